The average molecular weight is 309 g/mol. The molecular weight excluding hydrogens is 286 g/mol. The van der Waals surface area contributed by atoms with Crippen LogP contribution in [-0.2, 0) is 16.6 Å². The van der Waals surface area contributed by atoms with Crippen LogP contribution in [0.3, 0.4) is 0 Å². The number of likely N-dealkylation sites (tertiary alicyclic amines) is 1. The van der Waals surface area contributed by atoms with Gasteiger partial charge in [-0.2, -0.15) is 0 Å². The molecule has 1 aromatic heterocycles. The van der Waals surface area contributed by atoms with E-state index in [2.05, 4.69) is 16.0 Å². The molecule has 0 N–H and O–H groups in total. The quantitative estimate of drug-likeness (QED) is 0.845. The maximum absolute atomic E-state index is 12.5. The molecule has 0 bridgehead atoms. The summed E-state index contributed by atoms with van der Waals surface area (Å²) in [5.41, 5.74) is 1.20. The van der Waals surface area contributed by atoms with Crippen molar-refractivity contribution in [2.75, 3.05) is 26.2 Å². The van der Waals surface area contributed by atoms with Gasteiger partial charge in [-0.3, -0.25) is 9.88 Å². The number of fused-ring (bicyclic) bond motifs is 1. The van der Waals surface area contributed by atoms with Gasteiger partial charge >= 0.3 is 0 Å². The summed E-state index contributed by atoms with van der Waals surface area (Å²) in [7, 11) is -3.06. The van der Waals surface area contributed by atoms with Crippen LogP contribution in [0.1, 0.15) is 25.3 Å². The van der Waals surface area contributed by atoms with Crippen molar-refractivity contribution in [3.05, 3.63) is 30.1 Å². The third-order valence-corrected chi connectivity index (χ3v) is 7.25. The minimum Gasteiger partial charge on any atom is -0.299 e. The van der Waals surface area contributed by atoms with Crippen molar-refractivity contribution in [2.24, 2.45) is 5.92 Å². The van der Waals surface area contributed by atoms with E-state index in [1.165, 1.54) is 5.56 Å². The van der Waals surface area contributed by atoms with Crippen LogP contribution in [0.4, 0.5) is 0 Å². The summed E-state index contributed by atoms with van der Waals surface area (Å²) < 4.78 is 26.6. The van der Waals surface area contributed by atoms with Gasteiger partial charge < -0.3 is 0 Å². The first kappa shape index (κ1) is 14.9. The number of rotatable bonds is 3. The van der Waals surface area contributed by atoms with Gasteiger partial charge in [0.25, 0.3) is 0 Å². The van der Waals surface area contributed by atoms with Crippen molar-refractivity contribution in [1.82, 2.24) is 14.2 Å². The Hall–Kier alpha value is -0.980. The molecule has 2 fully saturated rings. The van der Waals surface area contributed by atoms with Crippen molar-refractivity contribution in [2.45, 2.75) is 31.6 Å². The van der Waals surface area contributed by atoms with Gasteiger partial charge in [-0.25, -0.2) is 12.7 Å². The first-order chi connectivity index (χ1) is 10.1. The zero-order valence-electron chi connectivity index (χ0n) is 12.5. The number of pyridine rings is 1. The largest absolute Gasteiger partial charge is 0.299 e. The standard InChI is InChI=1S/C15H23N3O2S/c1-2-18-12-14-5-8-17(9-6-15(14)21(18,19)20)11-13-4-3-7-16-10-13/h3-4,7,10,14-15H,2,5-6,8-9,11-12H2,1H3/t14-,15-/m1/s1. The molecule has 0 aromatic carbocycles. The Balaban J connectivity index is 1.67. The van der Waals surface area contributed by atoms with Gasteiger partial charge in [0.15, 0.2) is 0 Å². The minimum atomic E-state index is -3.06. The van der Waals surface area contributed by atoms with Gasteiger partial charge in [-0.15, -0.1) is 0 Å². The molecule has 0 saturated carbocycles. The Morgan fingerprint density at radius 2 is 2.14 bits per heavy atom. The van der Waals surface area contributed by atoms with E-state index in [-0.39, 0.29) is 5.25 Å². The molecule has 116 valence electrons. The Labute approximate surface area is 127 Å². The first-order valence-corrected chi connectivity index (χ1v) is 9.22. The molecule has 5 nitrogen and oxygen atoms in total. The number of aromatic nitrogens is 1. The zero-order valence-corrected chi connectivity index (χ0v) is 13.3. The predicted octanol–water partition coefficient (Wildman–Crippen LogP) is 1.33. The smallest absolute Gasteiger partial charge is 0.217 e. The average Bonchev–Trinajstić information content (AvgIpc) is 2.62. The van der Waals surface area contributed by atoms with Crippen molar-refractivity contribution in [1.29, 1.82) is 0 Å². The number of sulfonamides is 1. The van der Waals surface area contributed by atoms with E-state index in [0.717, 1.165) is 32.5 Å². The summed E-state index contributed by atoms with van der Waals surface area (Å²) in [6.07, 6.45) is 5.40. The van der Waals surface area contributed by atoms with Gasteiger partial charge in [-0.05, 0) is 43.5 Å². The second-order valence-electron chi connectivity index (χ2n) is 6.01. The Bertz CT molecular complexity index is 576. The molecule has 2 aliphatic heterocycles. The molecule has 3 rings (SSSR count). The van der Waals surface area contributed by atoms with Crippen molar-refractivity contribution < 1.29 is 8.42 Å². The van der Waals surface area contributed by atoms with Crippen LogP contribution in [-0.4, -0.2) is 54.0 Å². The summed E-state index contributed by atoms with van der Waals surface area (Å²) >= 11 is 0. The normalized spacial score (nSPS) is 30.0. The third kappa shape index (κ3) is 2.98. The lowest BCUT2D eigenvalue weighted by molar-refractivity contribution is 0.267. The molecule has 0 unspecified atom stereocenters. The Morgan fingerprint density at radius 3 is 2.86 bits per heavy atom. The molecule has 0 spiro atoms. The highest BCUT2D eigenvalue weighted by Gasteiger charge is 2.45. The fourth-order valence-corrected chi connectivity index (χ4v) is 5.82. The molecule has 6 heteroatoms. The number of nitrogens with zero attached hydrogens (tertiary/aromatic N) is 3. The third-order valence-electron chi connectivity index (χ3n) is 4.73. The molecule has 2 atom stereocenters. The lowest BCUT2D eigenvalue weighted by Gasteiger charge is -2.21. The van der Waals surface area contributed by atoms with Crippen LogP contribution in [0.5, 0.6) is 0 Å². The second kappa shape index (κ2) is 6.02. The topological polar surface area (TPSA) is 53.5 Å². The highest BCUT2D eigenvalue weighted by molar-refractivity contribution is 7.90. The van der Waals surface area contributed by atoms with Gasteiger partial charge in [0.1, 0.15) is 0 Å². The minimum absolute atomic E-state index is 0.170. The van der Waals surface area contributed by atoms with Crippen LogP contribution in [0, 0.1) is 5.92 Å². The Kier molecular flexibility index (Phi) is 4.28. The number of hydrogen-bond donors (Lipinski definition) is 0. The number of hydrogen-bond acceptors (Lipinski definition) is 4. The molecule has 2 saturated heterocycles. The van der Waals surface area contributed by atoms with Crippen LogP contribution in [0.2, 0.25) is 0 Å². The SMILES string of the molecule is CCN1C[C@H]2CCN(Cc3cccnc3)CC[C@H]2S1(=O)=O. The van der Waals surface area contributed by atoms with Gasteiger partial charge in [0.2, 0.25) is 10.0 Å². The maximum Gasteiger partial charge on any atom is 0.217 e. The van der Waals surface area contributed by atoms with Crippen molar-refractivity contribution in [3.63, 3.8) is 0 Å². The Morgan fingerprint density at radius 1 is 1.33 bits per heavy atom. The van der Waals surface area contributed by atoms with Gasteiger partial charge in [0, 0.05) is 32.0 Å². The zero-order chi connectivity index (χ0) is 14.9. The van der Waals surface area contributed by atoms with E-state index in [1.807, 2.05) is 19.2 Å². The lowest BCUT2D eigenvalue weighted by atomic mass is 10.0. The van der Waals surface area contributed by atoms with E-state index in [0.29, 0.717) is 19.0 Å². The monoisotopic (exact) mass is 309 g/mol. The molecule has 0 radical (unpaired) electrons. The first-order valence-electron chi connectivity index (χ1n) is 7.71. The summed E-state index contributed by atoms with van der Waals surface area (Å²) in [6.45, 7) is 5.94. The van der Waals surface area contributed by atoms with Crippen molar-refractivity contribution in [3.8, 4) is 0 Å². The molecule has 21 heavy (non-hydrogen) atoms. The van der Waals surface area contributed by atoms with E-state index < -0.39 is 10.0 Å². The molecular formula is C15H23N3O2S. The second-order valence-corrected chi connectivity index (χ2v) is 8.16. The molecule has 0 amide bonds. The van der Waals surface area contributed by atoms with Gasteiger partial charge in [0.05, 0.1) is 5.25 Å². The molecule has 0 aliphatic carbocycles. The van der Waals surface area contributed by atoms with E-state index in [1.54, 1.807) is 10.5 Å². The van der Waals surface area contributed by atoms with E-state index in [4.69, 9.17) is 0 Å². The van der Waals surface area contributed by atoms with Crippen LogP contribution in [0.15, 0.2) is 24.5 Å². The van der Waals surface area contributed by atoms with Crippen LogP contribution < -0.4 is 0 Å². The molecule has 2 aliphatic rings. The summed E-state index contributed by atoms with van der Waals surface area (Å²) in [4.78, 5) is 6.51. The molecule has 1 aromatic rings. The van der Waals surface area contributed by atoms with Crippen LogP contribution >= 0.6 is 0 Å². The summed E-state index contributed by atoms with van der Waals surface area (Å²) in [5, 5.41) is -0.170. The van der Waals surface area contributed by atoms with E-state index in [9.17, 15) is 8.42 Å². The van der Waals surface area contributed by atoms with Crippen LogP contribution in [0.25, 0.3) is 0 Å². The maximum atomic E-state index is 12.5. The summed E-state index contributed by atoms with van der Waals surface area (Å²) in [6, 6.07) is 4.03. The lowest BCUT2D eigenvalue weighted by Crippen LogP contribution is -2.31. The fourth-order valence-electron chi connectivity index (χ4n) is 3.57. The molecule has 3 heterocycles. The highest BCUT2D eigenvalue weighted by Crippen LogP contribution is 2.34. The van der Waals surface area contributed by atoms with Gasteiger partial charge in [-0.1, -0.05) is 13.0 Å². The van der Waals surface area contributed by atoms with Crippen molar-refractivity contribution >= 4 is 10.0 Å². The summed E-state index contributed by atoms with van der Waals surface area (Å²) in [5.74, 6) is 0.300. The fraction of sp³-hybridized carbons (Fsp3) is 0.667. The predicted molar refractivity (Wildman–Crippen MR) is 82.2 cm³/mol. The highest BCUT2D eigenvalue weighted by atomic mass is 32.2. The van der Waals surface area contributed by atoms with E-state index >= 15 is 0 Å².